The summed E-state index contributed by atoms with van der Waals surface area (Å²) in [6, 6.07) is 1.89. The highest BCUT2D eigenvalue weighted by molar-refractivity contribution is 9.10. The number of rotatable bonds is 3. The second kappa shape index (κ2) is 6.81. The Labute approximate surface area is 143 Å². The summed E-state index contributed by atoms with van der Waals surface area (Å²) in [6.07, 6.45) is -0.445. The lowest BCUT2D eigenvalue weighted by Gasteiger charge is -2.36. The molecule has 7 nitrogen and oxygen atoms in total. The Bertz CT molecular complexity index is 757. The summed E-state index contributed by atoms with van der Waals surface area (Å²) in [5, 5.41) is 19.5. The normalized spacial score (nSPS) is 23.9. The smallest absolute Gasteiger partial charge is 0.404 e. The van der Waals surface area contributed by atoms with E-state index >= 15 is 0 Å². The van der Waals surface area contributed by atoms with Gasteiger partial charge in [0.15, 0.2) is 0 Å². The highest BCUT2D eigenvalue weighted by Gasteiger charge is 2.36. The number of aromatic nitrogens is 3. The van der Waals surface area contributed by atoms with Crippen molar-refractivity contribution in [2.75, 3.05) is 6.61 Å². The lowest BCUT2D eigenvalue weighted by molar-refractivity contribution is -0.0427. The first-order valence-electron chi connectivity index (χ1n) is 7.07. The van der Waals surface area contributed by atoms with Gasteiger partial charge in [-0.2, -0.15) is 9.90 Å². The van der Waals surface area contributed by atoms with Gasteiger partial charge < -0.3 is 15.2 Å². The zero-order chi connectivity index (χ0) is 17.3. The molecule has 3 rings (SSSR count). The second-order valence-corrected chi connectivity index (χ2v) is 6.17. The third kappa shape index (κ3) is 3.54. The Morgan fingerprint density at radius 3 is 2.92 bits per heavy atom. The van der Waals surface area contributed by atoms with E-state index in [4.69, 9.17) is 9.84 Å². The molecule has 1 aromatic heterocycles. The zero-order valence-electron chi connectivity index (χ0n) is 12.2. The van der Waals surface area contributed by atoms with Crippen LogP contribution in [0.3, 0.4) is 0 Å². The van der Waals surface area contributed by atoms with Gasteiger partial charge in [-0.25, -0.2) is 13.6 Å². The molecule has 10 heteroatoms. The van der Waals surface area contributed by atoms with Crippen molar-refractivity contribution in [2.24, 2.45) is 0 Å². The number of halogens is 3. The molecule has 0 saturated carbocycles. The van der Waals surface area contributed by atoms with Crippen LogP contribution in [0.2, 0.25) is 0 Å². The molecule has 1 aliphatic heterocycles. The summed E-state index contributed by atoms with van der Waals surface area (Å²) in [7, 11) is 0. The van der Waals surface area contributed by atoms with Gasteiger partial charge in [-0.1, -0.05) is 0 Å². The van der Waals surface area contributed by atoms with Crippen molar-refractivity contribution in [3.05, 3.63) is 46.2 Å². The van der Waals surface area contributed by atoms with Crippen LogP contribution in [0.1, 0.15) is 24.1 Å². The summed E-state index contributed by atoms with van der Waals surface area (Å²) in [6.45, 7) is 0.138. The highest BCUT2D eigenvalue weighted by Crippen LogP contribution is 2.34. The molecule has 1 saturated heterocycles. The van der Waals surface area contributed by atoms with Crippen LogP contribution in [0.15, 0.2) is 29.0 Å². The highest BCUT2D eigenvalue weighted by atomic mass is 79.9. The van der Waals surface area contributed by atoms with Gasteiger partial charge >= 0.3 is 6.09 Å². The molecule has 0 bridgehead atoms. The molecule has 1 aliphatic rings. The Kier molecular flexibility index (Phi) is 4.76. The van der Waals surface area contributed by atoms with Crippen LogP contribution in [0, 0.1) is 11.6 Å². The number of carbonyl (C=O) groups is 1. The predicted octanol–water partition coefficient (Wildman–Crippen LogP) is 2.66. The summed E-state index contributed by atoms with van der Waals surface area (Å²) >= 11 is 3.18. The van der Waals surface area contributed by atoms with Crippen molar-refractivity contribution >= 4 is 22.0 Å². The molecule has 1 amide bonds. The molecule has 0 spiro atoms. The van der Waals surface area contributed by atoms with E-state index in [9.17, 15) is 13.6 Å². The molecule has 24 heavy (non-hydrogen) atoms. The van der Waals surface area contributed by atoms with Crippen LogP contribution in [0.5, 0.6) is 0 Å². The average molecular weight is 403 g/mol. The fourth-order valence-electron chi connectivity index (χ4n) is 2.74. The van der Waals surface area contributed by atoms with E-state index in [0.29, 0.717) is 4.60 Å². The number of benzene rings is 1. The largest absolute Gasteiger partial charge is 0.465 e. The van der Waals surface area contributed by atoms with E-state index in [-0.39, 0.29) is 24.6 Å². The van der Waals surface area contributed by atoms with Gasteiger partial charge in [0.05, 0.1) is 24.9 Å². The molecule has 0 aliphatic carbocycles. The van der Waals surface area contributed by atoms with E-state index in [1.54, 1.807) is 0 Å². The molecule has 2 N–H and O–H groups in total. The maximum absolute atomic E-state index is 14.0. The van der Waals surface area contributed by atoms with Crippen LogP contribution >= 0.6 is 15.9 Å². The average Bonchev–Trinajstić information content (AvgIpc) is 2.96. The minimum absolute atomic E-state index is 0.0261. The minimum Gasteiger partial charge on any atom is -0.465 e. The fraction of sp³-hybridized carbons (Fsp3) is 0.357. The van der Waals surface area contributed by atoms with Crippen molar-refractivity contribution in [3.8, 4) is 0 Å². The third-order valence-corrected chi connectivity index (χ3v) is 4.10. The monoisotopic (exact) mass is 402 g/mol. The Morgan fingerprint density at radius 1 is 1.46 bits per heavy atom. The van der Waals surface area contributed by atoms with Gasteiger partial charge in [-0.15, -0.1) is 5.10 Å². The molecule has 128 valence electrons. The number of hydrogen-bond donors (Lipinski definition) is 2. The summed E-state index contributed by atoms with van der Waals surface area (Å²) < 4.78 is 33.7. The summed E-state index contributed by atoms with van der Waals surface area (Å²) in [5.74, 6) is -1.28. The molecule has 2 heterocycles. The quantitative estimate of drug-likeness (QED) is 0.823. The van der Waals surface area contributed by atoms with Crippen LogP contribution in [-0.4, -0.2) is 38.8 Å². The lowest BCUT2D eigenvalue weighted by Crippen LogP contribution is -2.46. The molecule has 2 aromatic rings. The molecule has 3 atom stereocenters. The fourth-order valence-corrected chi connectivity index (χ4v) is 3.00. The van der Waals surface area contributed by atoms with Crippen molar-refractivity contribution < 1.29 is 23.4 Å². The second-order valence-electron chi connectivity index (χ2n) is 5.35. The van der Waals surface area contributed by atoms with E-state index in [1.165, 1.54) is 11.0 Å². The first kappa shape index (κ1) is 16.8. The van der Waals surface area contributed by atoms with Crippen molar-refractivity contribution in [1.29, 1.82) is 0 Å². The summed E-state index contributed by atoms with van der Waals surface area (Å²) in [4.78, 5) is 12.5. The summed E-state index contributed by atoms with van der Waals surface area (Å²) in [5.41, 5.74) is -0.0261. The standard InChI is InChI=1S/C14H13BrF2N4O3/c15-12-5-18-21(20-12)8-4-11(19-14(22)23)13(24-6-8)9-3-7(16)1-2-10(9)17/h1-3,5,8,11,13,19H,4,6H2,(H,22,23)/t8-,11+,13-/m1/s1. The van der Waals surface area contributed by atoms with Gasteiger partial charge in [0.25, 0.3) is 0 Å². The Hall–Kier alpha value is -2.07. The number of nitrogens with zero attached hydrogens (tertiary/aromatic N) is 3. The van der Waals surface area contributed by atoms with E-state index < -0.39 is 29.9 Å². The maximum Gasteiger partial charge on any atom is 0.404 e. The molecular formula is C14H13BrF2N4O3. The number of ether oxygens (including phenoxy) is 1. The third-order valence-electron chi connectivity index (χ3n) is 3.74. The van der Waals surface area contributed by atoms with Crippen molar-refractivity contribution in [2.45, 2.75) is 24.6 Å². The number of amides is 1. The SMILES string of the molecule is O=C(O)N[C@H]1C[C@@H](n2ncc(Br)n2)CO[C@@H]1c1cc(F)ccc1F. The van der Waals surface area contributed by atoms with Gasteiger partial charge in [0.1, 0.15) is 22.3 Å². The maximum atomic E-state index is 14.0. The van der Waals surface area contributed by atoms with Crippen LogP contribution in [0.25, 0.3) is 0 Å². The number of carboxylic acid groups (broad SMARTS) is 1. The topological polar surface area (TPSA) is 89.3 Å². The van der Waals surface area contributed by atoms with E-state index in [2.05, 4.69) is 31.4 Å². The zero-order valence-corrected chi connectivity index (χ0v) is 13.8. The van der Waals surface area contributed by atoms with Gasteiger partial charge in [0, 0.05) is 5.56 Å². The van der Waals surface area contributed by atoms with Gasteiger partial charge in [-0.3, -0.25) is 0 Å². The lowest BCUT2D eigenvalue weighted by atomic mass is 9.93. The van der Waals surface area contributed by atoms with Crippen LogP contribution in [-0.2, 0) is 4.74 Å². The minimum atomic E-state index is -1.28. The van der Waals surface area contributed by atoms with Gasteiger partial charge in [-0.05, 0) is 40.5 Å². The number of nitrogens with one attached hydrogen (secondary N) is 1. The molecule has 0 unspecified atom stereocenters. The van der Waals surface area contributed by atoms with Crippen LogP contribution in [0.4, 0.5) is 13.6 Å². The van der Waals surface area contributed by atoms with Gasteiger partial charge in [0.2, 0.25) is 0 Å². The van der Waals surface area contributed by atoms with Crippen LogP contribution < -0.4 is 5.32 Å². The predicted molar refractivity (Wildman–Crippen MR) is 81.4 cm³/mol. The van der Waals surface area contributed by atoms with E-state index in [1.807, 2.05) is 0 Å². The molecule has 1 fully saturated rings. The van der Waals surface area contributed by atoms with Crippen molar-refractivity contribution in [1.82, 2.24) is 20.3 Å². The first-order chi connectivity index (χ1) is 11.4. The Morgan fingerprint density at radius 2 is 2.25 bits per heavy atom. The molecule has 0 radical (unpaired) electrons. The molecular weight excluding hydrogens is 390 g/mol. The van der Waals surface area contributed by atoms with E-state index in [0.717, 1.165) is 18.2 Å². The number of hydrogen-bond acceptors (Lipinski definition) is 4. The van der Waals surface area contributed by atoms with Crippen molar-refractivity contribution in [3.63, 3.8) is 0 Å². The first-order valence-corrected chi connectivity index (χ1v) is 7.86. The Balaban J connectivity index is 1.87. The molecule has 1 aromatic carbocycles.